The fourth-order valence-corrected chi connectivity index (χ4v) is 0.769. The summed E-state index contributed by atoms with van der Waals surface area (Å²) < 4.78 is 0. The Hall–Kier alpha value is -1.80. The maximum absolute atomic E-state index is 10.3. The summed E-state index contributed by atoms with van der Waals surface area (Å²) in [6, 6.07) is 0. The molecule has 1 heterocycles. The van der Waals surface area contributed by atoms with Crippen molar-refractivity contribution in [3.63, 3.8) is 0 Å². The zero-order chi connectivity index (χ0) is 9.84. The van der Waals surface area contributed by atoms with Gasteiger partial charge in [0.1, 0.15) is 5.15 Å². The van der Waals surface area contributed by atoms with Gasteiger partial charge < -0.3 is 11.5 Å². The van der Waals surface area contributed by atoms with Crippen molar-refractivity contribution in [1.29, 1.82) is 0 Å². The molecule has 0 aliphatic rings. The summed E-state index contributed by atoms with van der Waals surface area (Å²) in [5, 5.41) is 0.0984. The van der Waals surface area contributed by atoms with E-state index in [1.54, 1.807) is 0 Å². The number of anilines is 1. The number of amides is 1. The lowest BCUT2D eigenvalue weighted by Gasteiger charge is -1.94. The van der Waals surface area contributed by atoms with Crippen molar-refractivity contribution < 1.29 is 4.79 Å². The molecule has 0 unspecified atom stereocenters. The van der Waals surface area contributed by atoms with E-state index >= 15 is 0 Å². The topological polar surface area (TPSA) is 94.9 Å². The van der Waals surface area contributed by atoms with Crippen LogP contribution in [0.3, 0.4) is 0 Å². The molecule has 13 heavy (non-hydrogen) atoms. The second kappa shape index (κ2) is 3.74. The molecule has 0 fully saturated rings. The number of carbonyl (C=O) groups excluding carboxylic acids is 1. The van der Waals surface area contributed by atoms with E-state index in [2.05, 4.69) is 21.8 Å². The third-order valence-electron chi connectivity index (χ3n) is 1.08. The molecule has 0 spiro atoms. The van der Waals surface area contributed by atoms with E-state index in [1.807, 2.05) is 0 Å². The monoisotopic (exact) mass is 196 g/mol. The number of aromatic nitrogens is 2. The maximum Gasteiger partial charge on any atom is 0.293 e. The lowest BCUT2D eigenvalue weighted by atomic mass is 10.3. The molecule has 6 heteroatoms. The van der Waals surface area contributed by atoms with Gasteiger partial charge in [-0.25, -0.2) is 4.98 Å². The number of nitrogens with zero attached hydrogens (tertiary/aromatic N) is 2. The van der Waals surface area contributed by atoms with Gasteiger partial charge in [-0.05, 0) is 0 Å². The van der Waals surface area contributed by atoms with E-state index in [-0.39, 0.29) is 11.1 Å². The minimum absolute atomic E-state index is 0.0506. The van der Waals surface area contributed by atoms with Crippen molar-refractivity contribution in [2.75, 3.05) is 5.73 Å². The Kier molecular flexibility index (Phi) is 2.67. The fraction of sp³-hybridized carbons (Fsp3) is 0. The first-order valence-corrected chi connectivity index (χ1v) is 3.57. The van der Waals surface area contributed by atoms with Crippen LogP contribution in [0, 0.1) is 11.8 Å². The summed E-state index contributed by atoms with van der Waals surface area (Å²) in [7, 11) is 0. The summed E-state index contributed by atoms with van der Waals surface area (Å²) >= 11 is 5.63. The lowest BCUT2D eigenvalue weighted by Crippen LogP contribution is -2.06. The van der Waals surface area contributed by atoms with Gasteiger partial charge in [0.05, 0.1) is 5.56 Å². The average Bonchev–Trinajstić information content (AvgIpc) is 2.02. The summed E-state index contributed by atoms with van der Waals surface area (Å²) in [6.07, 6.45) is 1.32. The predicted octanol–water partition coefficient (Wildman–Crippen LogP) is -0.451. The number of carbonyl (C=O) groups is 1. The summed E-state index contributed by atoms with van der Waals surface area (Å²) in [5.41, 5.74) is 10.4. The number of primary amides is 1. The molecule has 0 radical (unpaired) electrons. The molecule has 1 aromatic heterocycles. The fourth-order valence-electron chi connectivity index (χ4n) is 0.586. The first-order valence-electron chi connectivity index (χ1n) is 3.19. The van der Waals surface area contributed by atoms with Gasteiger partial charge in [0, 0.05) is 12.1 Å². The molecule has 0 saturated heterocycles. The van der Waals surface area contributed by atoms with E-state index < -0.39 is 5.91 Å². The van der Waals surface area contributed by atoms with Crippen molar-refractivity contribution >= 4 is 23.5 Å². The molecule has 66 valence electrons. The molecular formula is C7H5ClN4O. The molecule has 0 bridgehead atoms. The van der Waals surface area contributed by atoms with Crippen molar-refractivity contribution in [2.45, 2.75) is 0 Å². The predicted molar refractivity (Wildman–Crippen MR) is 47.5 cm³/mol. The van der Waals surface area contributed by atoms with Crippen LogP contribution in [0.2, 0.25) is 5.15 Å². The minimum atomic E-state index is -0.743. The van der Waals surface area contributed by atoms with E-state index in [1.165, 1.54) is 6.20 Å². The summed E-state index contributed by atoms with van der Waals surface area (Å²) in [4.78, 5) is 17.6. The highest BCUT2D eigenvalue weighted by atomic mass is 35.5. The maximum atomic E-state index is 10.3. The van der Waals surface area contributed by atoms with Crippen LogP contribution in [-0.2, 0) is 4.79 Å². The van der Waals surface area contributed by atoms with Crippen LogP contribution in [0.15, 0.2) is 6.20 Å². The number of hydrogen-bond acceptors (Lipinski definition) is 4. The van der Waals surface area contributed by atoms with Crippen molar-refractivity contribution in [3.8, 4) is 11.8 Å². The Bertz CT molecular complexity index is 407. The Labute approximate surface area is 79.1 Å². The van der Waals surface area contributed by atoms with Gasteiger partial charge in [-0.3, -0.25) is 4.79 Å². The third kappa shape index (κ3) is 2.61. The Morgan fingerprint density at radius 2 is 2.31 bits per heavy atom. The highest BCUT2D eigenvalue weighted by Crippen LogP contribution is 2.10. The van der Waals surface area contributed by atoms with Gasteiger partial charge in [0.2, 0.25) is 5.95 Å². The van der Waals surface area contributed by atoms with Crippen LogP contribution in [0.5, 0.6) is 0 Å². The second-order valence-electron chi connectivity index (χ2n) is 2.05. The second-order valence-corrected chi connectivity index (χ2v) is 2.40. The molecule has 0 aliphatic heterocycles. The largest absolute Gasteiger partial charge is 0.368 e. The van der Waals surface area contributed by atoms with Gasteiger partial charge in [0.25, 0.3) is 5.91 Å². The van der Waals surface area contributed by atoms with Crippen LogP contribution in [0.25, 0.3) is 0 Å². The average molecular weight is 197 g/mol. The van der Waals surface area contributed by atoms with E-state index in [9.17, 15) is 4.79 Å². The molecule has 1 amide bonds. The Balaban J connectivity index is 3.05. The minimum Gasteiger partial charge on any atom is -0.368 e. The molecule has 4 N–H and O–H groups in total. The van der Waals surface area contributed by atoms with Crippen LogP contribution in [-0.4, -0.2) is 15.9 Å². The third-order valence-corrected chi connectivity index (χ3v) is 1.37. The Morgan fingerprint density at radius 1 is 1.62 bits per heavy atom. The first kappa shape index (κ1) is 9.29. The number of nitrogen functional groups attached to an aromatic ring is 1. The molecule has 0 atom stereocenters. The molecule has 1 rings (SSSR count). The molecule has 5 nitrogen and oxygen atoms in total. The van der Waals surface area contributed by atoms with Gasteiger partial charge >= 0.3 is 0 Å². The number of halogens is 1. The Morgan fingerprint density at radius 3 is 2.85 bits per heavy atom. The first-order chi connectivity index (χ1) is 6.09. The summed E-state index contributed by atoms with van der Waals surface area (Å²) in [6.45, 7) is 0. The quantitative estimate of drug-likeness (QED) is 0.434. The SMILES string of the molecule is NC(=O)C#Cc1cnc(N)nc1Cl. The molecule has 0 saturated carbocycles. The van der Waals surface area contributed by atoms with Gasteiger partial charge in [-0.1, -0.05) is 17.5 Å². The van der Waals surface area contributed by atoms with Crippen molar-refractivity contribution in [1.82, 2.24) is 9.97 Å². The number of rotatable bonds is 0. The smallest absolute Gasteiger partial charge is 0.293 e. The van der Waals surface area contributed by atoms with Crippen LogP contribution >= 0.6 is 11.6 Å². The zero-order valence-electron chi connectivity index (χ0n) is 6.41. The number of nitrogens with two attached hydrogens (primary N) is 2. The van der Waals surface area contributed by atoms with E-state index in [4.69, 9.17) is 23.1 Å². The van der Waals surface area contributed by atoms with Crippen LogP contribution < -0.4 is 11.5 Å². The van der Waals surface area contributed by atoms with Gasteiger partial charge in [-0.2, -0.15) is 4.98 Å². The highest BCUT2D eigenvalue weighted by molar-refractivity contribution is 6.30. The standard InChI is InChI=1S/C7H5ClN4O/c8-6-4(1-2-5(9)13)3-11-7(10)12-6/h3H,(H2,9,13)(H2,10,11,12). The van der Waals surface area contributed by atoms with Crippen LogP contribution in [0.4, 0.5) is 5.95 Å². The number of hydrogen-bond donors (Lipinski definition) is 2. The zero-order valence-corrected chi connectivity index (χ0v) is 7.17. The molecule has 0 aromatic carbocycles. The van der Waals surface area contributed by atoms with Crippen LogP contribution in [0.1, 0.15) is 5.56 Å². The normalized spacial score (nSPS) is 8.69. The van der Waals surface area contributed by atoms with Crippen molar-refractivity contribution in [2.24, 2.45) is 5.73 Å². The molecule has 0 aliphatic carbocycles. The van der Waals surface area contributed by atoms with Gasteiger partial charge in [-0.15, -0.1) is 0 Å². The molecular weight excluding hydrogens is 192 g/mol. The molecule has 1 aromatic rings. The lowest BCUT2D eigenvalue weighted by molar-refractivity contribution is -0.112. The van der Waals surface area contributed by atoms with E-state index in [0.717, 1.165) is 0 Å². The van der Waals surface area contributed by atoms with Crippen molar-refractivity contribution in [3.05, 3.63) is 16.9 Å². The van der Waals surface area contributed by atoms with E-state index in [0.29, 0.717) is 5.56 Å². The summed E-state index contributed by atoms with van der Waals surface area (Å²) in [5.74, 6) is 3.82. The highest BCUT2D eigenvalue weighted by Gasteiger charge is 1.99. The van der Waals surface area contributed by atoms with Gasteiger partial charge in [0.15, 0.2) is 0 Å².